The number of amides is 1. The van der Waals surface area contributed by atoms with Crippen LogP contribution < -0.4 is 4.90 Å². The molecule has 0 atom stereocenters. The summed E-state index contributed by atoms with van der Waals surface area (Å²) in [7, 11) is 3.74. The molecule has 2 aromatic carbocycles. The van der Waals surface area contributed by atoms with Gasteiger partial charge in [0, 0.05) is 25.3 Å². The van der Waals surface area contributed by atoms with Crippen LogP contribution in [-0.4, -0.2) is 22.5 Å². The van der Waals surface area contributed by atoms with Gasteiger partial charge in [-0.05, 0) is 55.3 Å². The van der Waals surface area contributed by atoms with Crippen molar-refractivity contribution >= 4 is 22.6 Å². The zero-order chi connectivity index (χ0) is 15.9. The minimum atomic E-state index is -0.0317. The molecule has 3 rings (SSSR count). The topological polar surface area (TPSA) is 38.1 Å². The normalized spacial score (nSPS) is 10.9. The fourth-order valence-corrected chi connectivity index (χ4v) is 2.51. The van der Waals surface area contributed by atoms with Crippen molar-refractivity contribution in [3.63, 3.8) is 0 Å². The summed E-state index contributed by atoms with van der Waals surface area (Å²) in [6.45, 7) is 4.12. The van der Waals surface area contributed by atoms with Crippen molar-refractivity contribution in [2.24, 2.45) is 7.05 Å². The average Bonchev–Trinajstić information content (AvgIpc) is 2.89. The molecular weight excluding hydrogens is 274 g/mol. The Bertz CT molecular complexity index is 864. The van der Waals surface area contributed by atoms with E-state index in [1.54, 1.807) is 18.3 Å². The summed E-state index contributed by atoms with van der Waals surface area (Å²) in [6.07, 6.45) is 1.76. The monoisotopic (exact) mass is 293 g/mol. The lowest BCUT2D eigenvalue weighted by Gasteiger charge is -2.18. The van der Waals surface area contributed by atoms with Gasteiger partial charge in [-0.1, -0.05) is 6.07 Å². The number of nitrogens with zero attached hydrogens (tertiary/aromatic N) is 3. The van der Waals surface area contributed by atoms with E-state index >= 15 is 0 Å². The Morgan fingerprint density at radius 1 is 1.09 bits per heavy atom. The number of carbonyl (C=O) groups is 1. The van der Waals surface area contributed by atoms with Crippen molar-refractivity contribution in [1.82, 2.24) is 9.55 Å². The molecule has 112 valence electrons. The van der Waals surface area contributed by atoms with E-state index in [0.717, 1.165) is 16.7 Å². The summed E-state index contributed by atoms with van der Waals surface area (Å²) in [5.74, 6) is -0.0317. The Morgan fingerprint density at radius 3 is 2.59 bits per heavy atom. The van der Waals surface area contributed by atoms with Crippen molar-refractivity contribution in [2.75, 3.05) is 11.9 Å². The number of aromatic nitrogens is 2. The van der Waals surface area contributed by atoms with Crippen LogP contribution in [0.4, 0.5) is 5.69 Å². The van der Waals surface area contributed by atoms with Gasteiger partial charge in [0.1, 0.15) is 0 Å². The molecular formula is C18H19N3O. The predicted molar refractivity (Wildman–Crippen MR) is 89.4 cm³/mol. The highest BCUT2D eigenvalue weighted by atomic mass is 16.2. The quantitative estimate of drug-likeness (QED) is 0.725. The number of carbonyl (C=O) groups excluding carboxylic acids is 1. The molecule has 0 radical (unpaired) electrons. The first-order valence-electron chi connectivity index (χ1n) is 7.24. The smallest absolute Gasteiger partial charge is 0.258 e. The molecule has 1 aromatic heterocycles. The van der Waals surface area contributed by atoms with Gasteiger partial charge >= 0.3 is 0 Å². The third kappa shape index (κ3) is 2.37. The maximum absolute atomic E-state index is 12.7. The van der Waals surface area contributed by atoms with Crippen molar-refractivity contribution in [3.8, 4) is 0 Å². The molecule has 1 heterocycles. The molecule has 0 aliphatic carbocycles. The molecule has 0 saturated carbocycles. The van der Waals surface area contributed by atoms with Gasteiger partial charge in [-0.15, -0.1) is 0 Å². The Hall–Kier alpha value is -2.62. The van der Waals surface area contributed by atoms with Crippen LogP contribution in [0.25, 0.3) is 11.0 Å². The number of hydrogen-bond acceptors (Lipinski definition) is 2. The summed E-state index contributed by atoms with van der Waals surface area (Å²) in [5, 5.41) is 0. The highest BCUT2D eigenvalue weighted by molar-refractivity contribution is 6.07. The van der Waals surface area contributed by atoms with E-state index in [4.69, 9.17) is 0 Å². The van der Waals surface area contributed by atoms with Crippen LogP contribution in [0.15, 0.2) is 42.7 Å². The molecule has 4 heteroatoms. The fraction of sp³-hybridized carbons (Fsp3) is 0.222. The third-order valence-corrected chi connectivity index (χ3v) is 4.15. The Kier molecular flexibility index (Phi) is 3.45. The molecule has 1 amide bonds. The second kappa shape index (κ2) is 5.30. The second-order valence-corrected chi connectivity index (χ2v) is 5.69. The van der Waals surface area contributed by atoms with E-state index in [0.29, 0.717) is 5.56 Å². The standard InChI is InChI=1S/C18H19N3O/c1-12-5-7-15(9-13(12)2)21(4)18(22)14-6-8-17-16(10-14)19-11-20(17)3/h5-11H,1-4H3. The molecule has 0 aliphatic rings. The predicted octanol–water partition coefficient (Wildman–Crippen LogP) is 3.47. The summed E-state index contributed by atoms with van der Waals surface area (Å²) in [6, 6.07) is 11.7. The Balaban J connectivity index is 1.95. The highest BCUT2D eigenvalue weighted by Crippen LogP contribution is 2.21. The van der Waals surface area contributed by atoms with Gasteiger partial charge in [-0.2, -0.15) is 0 Å². The maximum Gasteiger partial charge on any atom is 0.258 e. The van der Waals surface area contributed by atoms with Gasteiger partial charge in [-0.3, -0.25) is 4.79 Å². The summed E-state index contributed by atoms with van der Waals surface area (Å²) >= 11 is 0. The van der Waals surface area contributed by atoms with Gasteiger partial charge in [-0.25, -0.2) is 4.98 Å². The average molecular weight is 293 g/mol. The Labute approximate surface area is 130 Å². The second-order valence-electron chi connectivity index (χ2n) is 5.69. The van der Waals surface area contributed by atoms with Gasteiger partial charge in [0.15, 0.2) is 0 Å². The van der Waals surface area contributed by atoms with Crippen molar-refractivity contribution in [1.29, 1.82) is 0 Å². The number of aryl methyl sites for hydroxylation is 3. The summed E-state index contributed by atoms with van der Waals surface area (Å²) in [5.41, 5.74) is 5.80. The maximum atomic E-state index is 12.7. The lowest BCUT2D eigenvalue weighted by atomic mass is 10.1. The number of benzene rings is 2. The molecule has 0 aliphatic heterocycles. The van der Waals surface area contributed by atoms with E-state index < -0.39 is 0 Å². The largest absolute Gasteiger partial charge is 0.334 e. The molecule has 0 fully saturated rings. The van der Waals surface area contributed by atoms with Crippen molar-refractivity contribution in [2.45, 2.75) is 13.8 Å². The van der Waals surface area contributed by atoms with Gasteiger partial charge in [0.25, 0.3) is 5.91 Å². The minimum absolute atomic E-state index is 0.0317. The molecule has 0 saturated heterocycles. The lowest BCUT2D eigenvalue weighted by molar-refractivity contribution is 0.0993. The molecule has 0 bridgehead atoms. The number of fused-ring (bicyclic) bond motifs is 1. The van der Waals surface area contributed by atoms with Gasteiger partial charge in [0.2, 0.25) is 0 Å². The van der Waals surface area contributed by atoms with Crippen LogP contribution in [0.2, 0.25) is 0 Å². The number of rotatable bonds is 2. The SMILES string of the molecule is Cc1ccc(N(C)C(=O)c2ccc3c(c2)ncn3C)cc1C. The highest BCUT2D eigenvalue weighted by Gasteiger charge is 2.15. The first kappa shape index (κ1) is 14.3. The molecule has 0 unspecified atom stereocenters. The van der Waals surface area contributed by atoms with Gasteiger partial charge in [0.05, 0.1) is 17.4 Å². The van der Waals surface area contributed by atoms with Crippen LogP contribution in [0.1, 0.15) is 21.5 Å². The van der Waals surface area contributed by atoms with Gasteiger partial charge < -0.3 is 9.47 Å². The first-order chi connectivity index (χ1) is 10.5. The van der Waals surface area contributed by atoms with Crippen LogP contribution in [0.3, 0.4) is 0 Å². The van der Waals surface area contributed by atoms with Crippen LogP contribution in [0.5, 0.6) is 0 Å². The van der Waals surface area contributed by atoms with E-state index in [1.165, 1.54) is 11.1 Å². The first-order valence-corrected chi connectivity index (χ1v) is 7.24. The van der Waals surface area contributed by atoms with Crippen molar-refractivity contribution in [3.05, 3.63) is 59.4 Å². The molecule has 22 heavy (non-hydrogen) atoms. The van der Waals surface area contributed by atoms with E-state index in [9.17, 15) is 4.79 Å². The number of anilines is 1. The zero-order valence-corrected chi connectivity index (χ0v) is 13.3. The lowest BCUT2D eigenvalue weighted by Crippen LogP contribution is -2.26. The minimum Gasteiger partial charge on any atom is -0.334 e. The zero-order valence-electron chi connectivity index (χ0n) is 13.3. The van der Waals surface area contributed by atoms with Crippen LogP contribution in [-0.2, 0) is 7.05 Å². The number of hydrogen-bond donors (Lipinski definition) is 0. The molecule has 3 aromatic rings. The van der Waals surface area contributed by atoms with Crippen molar-refractivity contribution < 1.29 is 4.79 Å². The molecule has 0 N–H and O–H groups in total. The summed E-state index contributed by atoms with van der Waals surface area (Å²) < 4.78 is 1.94. The van der Waals surface area contributed by atoms with Crippen LogP contribution >= 0.6 is 0 Å². The van der Waals surface area contributed by atoms with E-state index in [2.05, 4.69) is 18.8 Å². The van der Waals surface area contributed by atoms with E-state index in [1.807, 2.05) is 48.0 Å². The molecule has 0 spiro atoms. The fourth-order valence-electron chi connectivity index (χ4n) is 2.51. The molecule has 4 nitrogen and oxygen atoms in total. The summed E-state index contributed by atoms with van der Waals surface area (Å²) in [4.78, 5) is 18.7. The third-order valence-electron chi connectivity index (χ3n) is 4.15. The van der Waals surface area contributed by atoms with Crippen LogP contribution in [0, 0.1) is 13.8 Å². The van der Waals surface area contributed by atoms with E-state index in [-0.39, 0.29) is 5.91 Å². The number of imidazole rings is 1. The Morgan fingerprint density at radius 2 is 1.86 bits per heavy atom.